The number of hydrogen-bond donors (Lipinski definition) is 1. The van der Waals surface area contributed by atoms with Gasteiger partial charge in [-0.05, 0) is 64.6 Å². The summed E-state index contributed by atoms with van der Waals surface area (Å²) >= 11 is 0. The monoisotopic (exact) mass is 304 g/mol. The average molecular weight is 304 g/mol. The third-order valence-electron chi connectivity index (χ3n) is 5.11. The van der Waals surface area contributed by atoms with Crippen LogP contribution in [0.15, 0.2) is 24.3 Å². The zero-order valence-electron chi connectivity index (χ0n) is 13.8. The van der Waals surface area contributed by atoms with E-state index in [0.717, 1.165) is 30.5 Å². The third kappa shape index (κ3) is 2.90. The molecule has 120 valence electrons. The minimum absolute atomic E-state index is 0.0808. The molecule has 1 N–H and O–H groups in total. The molecule has 2 aliphatic rings. The second-order valence-corrected chi connectivity index (χ2v) is 7.31. The first-order chi connectivity index (χ1) is 10.3. The van der Waals surface area contributed by atoms with Crippen molar-refractivity contribution in [3.8, 4) is 5.75 Å². The lowest BCUT2D eigenvalue weighted by molar-refractivity contribution is 0.00578. The van der Waals surface area contributed by atoms with Crippen LogP contribution in [0.3, 0.4) is 0 Å². The Labute approximate surface area is 132 Å². The molecule has 0 bridgehead atoms. The lowest BCUT2D eigenvalue weighted by Gasteiger charge is -2.32. The van der Waals surface area contributed by atoms with E-state index in [0.29, 0.717) is 0 Å². The van der Waals surface area contributed by atoms with Gasteiger partial charge in [0.15, 0.2) is 0 Å². The molecule has 2 atom stereocenters. The minimum atomic E-state index is -0.351. The van der Waals surface area contributed by atoms with Crippen molar-refractivity contribution in [2.45, 2.75) is 70.4 Å². The standard InChI is InChI=1S/C17H25BO4/c1-16(2)17(3,4)22-18(21-16)12-8-10-13(11-9-12)20-15-7-5-6-14(15)19/h8-11,14-15,19H,5-7H2,1-4H3/t14-,15-/m1/s1. The van der Waals surface area contributed by atoms with Gasteiger partial charge in [0.25, 0.3) is 0 Å². The van der Waals surface area contributed by atoms with Gasteiger partial charge in [-0.3, -0.25) is 0 Å². The van der Waals surface area contributed by atoms with Gasteiger partial charge in [-0.15, -0.1) is 0 Å². The van der Waals surface area contributed by atoms with Crippen molar-refractivity contribution in [2.24, 2.45) is 0 Å². The summed E-state index contributed by atoms with van der Waals surface area (Å²) in [6, 6.07) is 7.79. The van der Waals surface area contributed by atoms with E-state index in [4.69, 9.17) is 14.0 Å². The molecule has 1 heterocycles. The normalized spacial score (nSPS) is 29.8. The van der Waals surface area contributed by atoms with E-state index in [1.54, 1.807) is 0 Å². The van der Waals surface area contributed by atoms with Crippen molar-refractivity contribution in [3.63, 3.8) is 0 Å². The zero-order chi connectivity index (χ0) is 16.0. The third-order valence-corrected chi connectivity index (χ3v) is 5.11. The number of benzene rings is 1. The van der Waals surface area contributed by atoms with E-state index in [-0.39, 0.29) is 30.5 Å². The summed E-state index contributed by atoms with van der Waals surface area (Å²) in [6.45, 7) is 8.19. The maximum Gasteiger partial charge on any atom is 0.494 e. The van der Waals surface area contributed by atoms with E-state index in [1.165, 1.54) is 0 Å². The van der Waals surface area contributed by atoms with E-state index < -0.39 is 0 Å². The fourth-order valence-corrected chi connectivity index (χ4v) is 2.90. The van der Waals surface area contributed by atoms with Gasteiger partial charge in [-0.25, -0.2) is 0 Å². The van der Waals surface area contributed by atoms with Gasteiger partial charge in [0.1, 0.15) is 11.9 Å². The fraction of sp³-hybridized carbons (Fsp3) is 0.647. The van der Waals surface area contributed by atoms with Crippen LogP contribution in [0.4, 0.5) is 0 Å². The molecule has 1 aliphatic heterocycles. The van der Waals surface area contributed by atoms with E-state index >= 15 is 0 Å². The highest BCUT2D eigenvalue weighted by Crippen LogP contribution is 2.36. The smallest absolute Gasteiger partial charge is 0.488 e. The number of rotatable bonds is 3. The van der Waals surface area contributed by atoms with Crippen LogP contribution in [-0.4, -0.2) is 35.6 Å². The Hall–Kier alpha value is -1.04. The van der Waals surface area contributed by atoms with Crippen molar-refractivity contribution in [1.29, 1.82) is 0 Å². The molecule has 5 heteroatoms. The van der Waals surface area contributed by atoms with E-state index in [1.807, 2.05) is 52.0 Å². The number of hydrogen-bond acceptors (Lipinski definition) is 4. The summed E-state index contributed by atoms with van der Waals surface area (Å²) in [5.74, 6) is 0.784. The first kappa shape index (κ1) is 15.8. The van der Waals surface area contributed by atoms with Crippen molar-refractivity contribution < 1.29 is 19.2 Å². The number of aliphatic hydroxyl groups is 1. The van der Waals surface area contributed by atoms with Gasteiger partial charge in [0.05, 0.1) is 17.3 Å². The lowest BCUT2D eigenvalue weighted by Crippen LogP contribution is -2.41. The first-order valence-corrected chi connectivity index (χ1v) is 8.09. The van der Waals surface area contributed by atoms with Crippen LogP contribution in [0, 0.1) is 0 Å². The maximum absolute atomic E-state index is 9.83. The second-order valence-electron chi connectivity index (χ2n) is 7.31. The maximum atomic E-state index is 9.83. The molecule has 4 nitrogen and oxygen atoms in total. The second kappa shape index (κ2) is 5.55. The molecule has 0 amide bonds. The quantitative estimate of drug-likeness (QED) is 0.870. The van der Waals surface area contributed by atoms with Crippen molar-refractivity contribution in [2.75, 3.05) is 0 Å². The molecule has 0 unspecified atom stereocenters. The molecule has 0 spiro atoms. The Bertz CT molecular complexity index is 510. The molecule has 1 saturated heterocycles. The Morgan fingerprint density at radius 3 is 2.14 bits per heavy atom. The molecule has 1 aromatic carbocycles. The van der Waals surface area contributed by atoms with E-state index in [2.05, 4.69) is 0 Å². The largest absolute Gasteiger partial charge is 0.494 e. The predicted molar refractivity (Wildman–Crippen MR) is 86.4 cm³/mol. The van der Waals surface area contributed by atoms with Gasteiger partial charge in [0.2, 0.25) is 0 Å². The average Bonchev–Trinajstić information content (AvgIpc) is 2.92. The molecule has 0 radical (unpaired) electrons. The molecule has 0 aromatic heterocycles. The van der Waals surface area contributed by atoms with Crippen LogP contribution in [0.2, 0.25) is 0 Å². The summed E-state index contributed by atoms with van der Waals surface area (Å²) in [7, 11) is -0.351. The van der Waals surface area contributed by atoms with Crippen molar-refractivity contribution in [3.05, 3.63) is 24.3 Å². The molecule has 3 rings (SSSR count). The van der Waals surface area contributed by atoms with Crippen molar-refractivity contribution >= 4 is 12.6 Å². The minimum Gasteiger partial charge on any atom is -0.488 e. The highest BCUT2D eigenvalue weighted by Gasteiger charge is 2.51. The van der Waals surface area contributed by atoms with Gasteiger partial charge < -0.3 is 19.2 Å². The van der Waals surface area contributed by atoms with Crippen LogP contribution >= 0.6 is 0 Å². The van der Waals surface area contributed by atoms with Gasteiger partial charge in [0, 0.05) is 0 Å². The first-order valence-electron chi connectivity index (χ1n) is 8.09. The predicted octanol–water partition coefficient (Wildman–Crippen LogP) is 2.28. The topological polar surface area (TPSA) is 47.9 Å². The van der Waals surface area contributed by atoms with Gasteiger partial charge >= 0.3 is 7.12 Å². The van der Waals surface area contributed by atoms with E-state index in [9.17, 15) is 5.11 Å². The molecular weight excluding hydrogens is 279 g/mol. The Balaban J connectivity index is 1.67. The summed E-state index contributed by atoms with van der Waals surface area (Å²) in [5, 5.41) is 9.83. The highest BCUT2D eigenvalue weighted by molar-refractivity contribution is 6.62. The molecule has 1 aliphatic carbocycles. The lowest BCUT2D eigenvalue weighted by atomic mass is 9.79. The molecule has 22 heavy (non-hydrogen) atoms. The molecule has 1 aromatic rings. The van der Waals surface area contributed by atoms with Crippen LogP contribution < -0.4 is 10.2 Å². The number of ether oxygens (including phenoxy) is 1. The SMILES string of the molecule is CC1(C)OB(c2ccc(O[C@@H]3CCC[C@H]3O)cc2)OC1(C)C. The number of aliphatic hydroxyl groups excluding tert-OH is 1. The molecular formula is C17H25BO4. The zero-order valence-corrected chi connectivity index (χ0v) is 13.8. The summed E-state index contributed by atoms with van der Waals surface area (Å²) < 4.78 is 17.9. The van der Waals surface area contributed by atoms with Crippen LogP contribution in [-0.2, 0) is 9.31 Å². The van der Waals surface area contributed by atoms with Gasteiger partial charge in [-0.2, -0.15) is 0 Å². The Morgan fingerprint density at radius 2 is 1.64 bits per heavy atom. The highest BCUT2D eigenvalue weighted by atomic mass is 16.7. The summed E-state index contributed by atoms with van der Waals surface area (Å²) in [5.41, 5.74) is 0.319. The van der Waals surface area contributed by atoms with Crippen LogP contribution in [0.5, 0.6) is 5.75 Å². The molecule has 2 fully saturated rings. The van der Waals surface area contributed by atoms with Crippen LogP contribution in [0.25, 0.3) is 0 Å². The molecule has 1 saturated carbocycles. The summed E-state index contributed by atoms with van der Waals surface area (Å²) in [4.78, 5) is 0. The Morgan fingerprint density at radius 1 is 1.05 bits per heavy atom. The Kier molecular flexibility index (Phi) is 4.00. The van der Waals surface area contributed by atoms with Crippen molar-refractivity contribution in [1.82, 2.24) is 0 Å². The van der Waals surface area contributed by atoms with Gasteiger partial charge in [-0.1, -0.05) is 12.1 Å². The summed E-state index contributed by atoms with van der Waals surface area (Å²) in [6.07, 6.45) is 2.35. The fourth-order valence-electron chi connectivity index (χ4n) is 2.90. The van der Waals surface area contributed by atoms with Crippen LogP contribution in [0.1, 0.15) is 47.0 Å².